The molecule has 3 rings (SSSR count). The van der Waals surface area contributed by atoms with Gasteiger partial charge in [0.1, 0.15) is 5.82 Å². The molecule has 0 N–H and O–H groups in total. The maximum absolute atomic E-state index is 14.2. The molecular formula is C20H27FN2O6S. The van der Waals surface area contributed by atoms with Gasteiger partial charge < -0.3 is 14.4 Å². The summed E-state index contributed by atoms with van der Waals surface area (Å²) in [5.41, 5.74) is -0.517. The van der Waals surface area contributed by atoms with Crippen molar-refractivity contribution in [1.29, 1.82) is 0 Å². The molecule has 10 heteroatoms. The van der Waals surface area contributed by atoms with E-state index in [-0.39, 0.29) is 49.2 Å². The Morgan fingerprint density at radius 1 is 1.17 bits per heavy atom. The Morgan fingerprint density at radius 3 is 2.43 bits per heavy atom. The third-order valence-corrected chi connectivity index (χ3v) is 7.47. The zero-order valence-corrected chi connectivity index (χ0v) is 18.0. The zero-order valence-electron chi connectivity index (χ0n) is 17.2. The molecule has 0 radical (unpaired) electrons. The highest BCUT2D eigenvalue weighted by Crippen LogP contribution is 2.23. The molecule has 2 saturated heterocycles. The lowest BCUT2D eigenvalue weighted by atomic mass is 9.97. The number of carbonyl (C=O) groups excluding carboxylic acids is 2. The van der Waals surface area contributed by atoms with Crippen LogP contribution in [0.15, 0.2) is 23.1 Å². The molecule has 2 heterocycles. The fraction of sp³-hybridized carbons (Fsp3) is 0.600. The summed E-state index contributed by atoms with van der Waals surface area (Å²) in [7, 11) is -3.89. The van der Waals surface area contributed by atoms with Crippen LogP contribution in [0.25, 0.3) is 0 Å². The largest absolute Gasteiger partial charge is 0.452 e. The van der Waals surface area contributed by atoms with Crippen molar-refractivity contribution in [2.24, 2.45) is 0 Å². The normalized spacial score (nSPS) is 23.2. The number of esters is 1. The van der Waals surface area contributed by atoms with Gasteiger partial charge in [0.2, 0.25) is 10.0 Å². The molecule has 0 aliphatic carbocycles. The molecule has 2 aliphatic heterocycles. The van der Waals surface area contributed by atoms with Crippen molar-refractivity contribution < 1.29 is 31.9 Å². The fourth-order valence-electron chi connectivity index (χ4n) is 3.95. The molecule has 1 aromatic carbocycles. The molecule has 0 bridgehead atoms. The van der Waals surface area contributed by atoms with Gasteiger partial charge in [-0.2, -0.15) is 4.31 Å². The Kier molecular flexibility index (Phi) is 7.10. The third-order valence-electron chi connectivity index (χ3n) is 5.57. The standard InChI is InChI=1S/C20H27FN2O6S/c1-14-4-3-5-15(2)23(14)19(24)13-29-20(25)17-12-16(6-7-18(17)21)30(26,27)22-8-10-28-11-9-22/h6-7,12,14-15H,3-5,8-11,13H2,1-2H3. The summed E-state index contributed by atoms with van der Waals surface area (Å²) in [5.74, 6) is -2.33. The number of hydrogen-bond donors (Lipinski definition) is 0. The van der Waals surface area contributed by atoms with Crippen LogP contribution in [0.2, 0.25) is 0 Å². The number of ether oxygens (including phenoxy) is 2. The minimum Gasteiger partial charge on any atom is -0.452 e. The van der Waals surface area contributed by atoms with Crippen molar-refractivity contribution in [2.75, 3.05) is 32.9 Å². The Labute approximate surface area is 176 Å². The summed E-state index contributed by atoms with van der Waals surface area (Å²) in [4.78, 5) is 26.4. The average molecular weight is 443 g/mol. The molecule has 2 unspecified atom stereocenters. The summed E-state index contributed by atoms with van der Waals surface area (Å²) in [5, 5.41) is 0. The number of nitrogens with zero attached hydrogens (tertiary/aromatic N) is 2. The van der Waals surface area contributed by atoms with E-state index in [2.05, 4.69) is 0 Å². The van der Waals surface area contributed by atoms with Gasteiger partial charge in [0, 0.05) is 25.2 Å². The van der Waals surface area contributed by atoms with E-state index in [0.717, 1.165) is 37.5 Å². The Balaban J connectivity index is 1.71. The zero-order chi connectivity index (χ0) is 21.9. The first-order chi connectivity index (χ1) is 14.2. The molecular weight excluding hydrogens is 415 g/mol. The number of piperidine rings is 1. The quantitative estimate of drug-likeness (QED) is 0.646. The van der Waals surface area contributed by atoms with E-state index in [4.69, 9.17) is 9.47 Å². The molecule has 2 aliphatic rings. The molecule has 2 fully saturated rings. The highest BCUT2D eigenvalue weighted by atomic mass is 32.2. The number of sulfonamides is 1. The number of carbonyl (C=O) groups is 2. The molecule has 0 spiro atoms. The number of morpholine rings is 1. The molecule has 1 aromatic rings. The Morgan fingerprint density at radius 2 is 1.80 bits per heavy atom. The van der Waals surface area contributed by atoms with Crippen LogP contribution in [-0.2, 0) is 24.3 Å². The van der Waals surface area contributed by atoms with Crippen molar-refractivity contribution in [2.45, 2.75) is 50.1 Å². The molecule has 0 saturated carbocycles. The molecule has 30 heavy (non-hydrogen) atoms. The molecule has 1 amide bonds. The summed E-state index contributed by atoms with van der Waals surface area (Å²) >= 11 is 0. The maximum Gasteiger partial charge on any atom is 0.341 e. The summed E-state index contributed by atoms with van der Waals surface area (Å²) < 4.78 is 51.1. The topological polar surface area (TPSA) is 93.2 Å². The second-order valence-corrected chi connectivity index (χ2v) is 9.60. The molecule has 2 atom stereocenters. The lowest BCUT2D eigenvalue weighted by Gasteiger charge is -2.38. The maximum atomic E-state index is 14.2. The van der Waals surface area contributed by atoms with E-state index in [0.29, 0.717) is 0 Å². The second-order valence-electron chi connectivity index (χ2n) is 7.66. The van der Waals surface area contributed by atoms with E-state index >= 15 is 0 Å². The van der Waals surface area contributed by atoms with E-state index in [9.17, 15) is 22.4 Å². The van der Waals surface area contributed by atoms with E-state index in [1.807, 2.05) is 13.8 Å². The monoisotopic (exact) mass is 442 g/mol. The first-order valence-corrected chi connectivity index (χ1v) is 11.5. The van der Waals surface area contributed by atoms with Gasteiger partial charge in [-0.1, -0.05) is 0 Å². The predicted molar refractivity (Wildman–Crippen MR) is 106 cm³/mol. The first kappa shape index (κ1) is 22.6. The van der Waals surface area contributed by atoms with Crippen molar-refractivity contribution in [3.8, 4) is 0 Å². The smallest absolute Gasteiger partial charge is 0.341 e. The van der Waals surface area contributed by atoms with Gasteiger partial charge in [0.05, 0.1) is 23.7 Å². The van der Waals surface area contributed by atoms with Gasteiger partial charge in [-0.05, 0) is 51.3 Å². The number of halogens is 1. The number of likely N-dealkylation sites (tertiary alicyclic amines) is 1. The number of amides is 1. The van der Waals surface area contributed by atoms with E-state index in [1.54, 1.807) is 4.90 Å². The van der Waals surface area contributed by atoms with Gasteiger partial charge in [-0.3, -0.25) is 4.79 Å². The Bertz CT molecular complexity index is 891. The van der Waals surface area contributed by atoms with Crippen molar-refractivity contribution >= 4 is 21.9 Å². The SMILES string of the molecule is CC1CCCC(C)N1C(=O)COC(=O)c1cc(S(=O)(=O)N2CCOCC2)ccc1F. The van der Waals surface area contributed by atoms with Crippen molar-refractivity contribution in [3.63, 3.8) is 0 Å². The molecule has 8 nitrogen and oxygen atoms in total. The lowest BCUT2D eigenvalue weighted by molar-refractivity contribution is -0.140. The van der Waals surface area contributed by atoms with Crippen molar-refractivity contribution in [1.82, 2.24) is 9.21 Å². The van der Waals surface area contributed by atoms with Gasteiger partial charge in [-0.25, -0.2) is 17.6 Å². The van der Waals surface area contributed by atoms with Crippen LogP contribution in [0.3, 0.4) is 0 Å². The summed E-state index contributed by atoms with van der Waals surface area (Å²) in [6, 6.07) is 3.07. The number of hydrogen-bond acceptors (Lipinski definition) is 6. The lowest BCUT2D eigenvalue weighted by Crippen LogP contribution is -2.49. The second kappa shape index (κ2) is 9.40. The third kappa shape index (κ3) is 4.81. The van der Waals surface area contributed by atoms with Gasteiger partial charge in [0.15, 0.2) is 6.61 Å². The van der Waals surface area contributed by atoms with Crippen LogP contribution >= 0.6 is 0 Å². The summed E-state index contributed by atoms with van der Waals surface area (Å²) in [6.45, 7) is 4.26. The van der Waals surface area contributed by atoms with Gasteiger partial charge in [-0.15, -0.1) is 0 Å². The van der Waals surface area contributed by atoms with E-state index in [1.165, 1.54) is 4.31 Å². The van der Waals surface area contributed by atoms with E-state index < -0.39 is 34.0 Å². The van der Waals surface area contributed by atoms with Crippen LogP contribution in [-0.4, -0.2) is 74.5 Å². The Hall–Kier alpha value is -2.04. The molecule has 0 aromatic heterocycles. The number of benzene rings is 1. The molecule has 166 valence electrons. The van der Waals surface area contributed by atoms with Crippen LogP contribution in [0.5, 0.6) is 0 Å². The van der Waals surface area contributed by atoms with Crippen LogP contribution in [0, 0.1) is 5.82 Å². The van der Waals surface area contributed by atoms with Crippen LogP contribution in [0.4, 0.5) is 4.39 Å². The minimum atomic E-state index is -3.89. The fourth-order valence-corrected chi connectivity index (χ4v) is 5.38. The predicted octanol–water partition coefficient (Wildman–Crippen LogP) is 1.79. The van der Waals surface area contributed by atoms with Crippen molar-refractivity contribution in [3.05, 3.63) is 29.6 Å². The minimum absolute atomic E-state index is 0.0404. The highest BCUT2D eigenvalue weighted by Gasteiger charge is 2.31. The average Bonchev–Trinajstić information content (AvgIpc) is 2.72. The first-order valence-electron chi connectivity index (χ1n) is 10.1. The van der Waals surface area contributed by atoms with Gasteiger partial charge >= 0.3 is 5.97 Å². The number of rotatable bonds is 5. The summed E-state index contributed by atoms with van der Waals surface area (Å²) in [6.07, 6.45) is 2.78. The van der Waals surface area contributed by atoms with Crippen LogP contribution < -0.4 is 0 Å². The van der Waals surface area contributed by atoms with Crippen LogP contribution in [0.1, 0.15) is 43.5 Å². The highest BCUT2D eigenvalue weighted by molar-refractivity contribution is 7.89. The van der Waals surface area contributed by atoms with Gasteiger partial charge in [0.25, 0.3) is 5.91 Å².